The number of aromatic carboxylic acids is 1. The molecular weight excluding hydrogens is 414 g/mol. The van der Waals surface area contributed by atoms with Crippen molar-refractivity contribution in [2.45, 2.75) is 0 Å². The number of halogens is 2. The molecular formula is C12H13Br2NO4S. The van der Waals surface area contributed by atoms with Crippen LogP contribution in [-0.2, 0) is 9.53 Å². The Hall–Kier alpha value is -0.570. The van der Waals surface area contributed by atoms with Crippen LogP contribution in [0.1, 0.15) is 10.4 Å². The summed E-state index contributed by atoms with van der Waals surface area (Å²) in [6.07, 6.45) is 0. The summed E-state index contributed by atoms with van der Waals surface area (Å²) in [5.41, 5.74) is 0.291. The van der Waals surface area contributed by atoms with E-state index in [1.54, 1.807) is 13.2 Å². The first-order chi connectivity index (χ1) is 9.45. The lowest BCUT2D eigenvalue weighted by Crippen LogP contribution is -2.17. The molecule has 0 aromatic heterocycles. The summed E-state index contributed by atoms with van der Waals surface area (Å²) >= 11 is 7.89. The molecule has 0 heterocycles. The first kappa shape index (κ1) is 17.5. The standard InChI is InChI=1S/C12H13Br2NO4S/c1-19-2-3-20-6-10(16)15-11-8(12(17)18)4-7(13)5-9(11)14/h4-5H,2-3,6H2,1H3,(H,15,16)(H,17,18). The molecule has 5 nitrogen and oxygen atoms in total. The number of methoxy groups -OCH3 is 1. The van der Waals surface area contributed by atoms with Gasteiger partial charge >= 0.3 is 5.97 Å². The van der Waals surface area contributed by atoms with Crippen LogP contribution in [0.3, 0.4) is 0 Å². The Balaban J connectivity index is 2.76. The minimum Gasteiger partial charge on any atom is -0.478 e. The van der Waals surface area contributed by atoms with Gasteiger partial charge in [0.2, 0.25) is 5.91 Å². The zero-order valence-electron chi connectivity index (χ0n) is 10.6. The minimum atomic E-state index is -1.10. The molecule has 1 amide bonds. The molecule has 0 radical (unpaired) electrons. The Morgan fingerprint density at radius 1 is 1.40 bits per heavy atom. The van der Waals surface area contributed by atoms with E-state index >= 15 is 0 Å². The summed E-state index contributed by atoms with van der Waals surface area (Å²) in [6, 6.07) is 3.13. The molecule has 8 heteroatoms. The normalized spacial score (nSPS) is 10.3. The van der Waals surface area contributed by atoms with Crippen molar-refractivity contribution in [2.24, 2.45) is 0 Å². The monoisotopic (exact) mass is 425 g/mol. The largest absolute Gasteiger partial charge is 0.478 e. The van der Waals surface area contributed by atoms with Crippen molar-refractivity contribution in [1.29, 1.82) is 0 Å². The molecule has 20 heavy (non-hydrogen) atoms. The summed E-state index contributed by atoms with van der Waals surface area (Å²) in [6.45, 7) is 0.570. The van der Waals surface area contributed by atoms with Crippen molar-refractivity contribution < 1.29 is 19.4 Å². The highest BCUT2D eigenvalue weighted by Crippen LogP contribution is 2.31. The fourth-order valence-corrected chi connectivity index (χ4v) is 3.36. The van der Waals surface area contributed by atoms with Crippen molar-refractivity contribution in [3.63, 3.8) is 0 Å². The Morgan fingerprint density at radius 2 is 2.10 bits per heavy atom. The zero-order valence-corrected chi connectivity index (χ0v) is 14.6. The predicted molar refractivity (Wildman–Crippen MR) is 86.6 cm³/mol. The second-order valence-electron chi connectivity index (χ2n) is 3.71. The second-order valence-corrected chi connectivity index (χ2v) is 6.58. The van der Waals surface area contributed by atoms with Gasteiger partial charge in [0.1, 0.15) is 0 Å². The highest BCUT2D eigenvalue weighted by Gasteiger charge is 2.16. The maximum atomic E-state index is 11.8. The van der Waals surface area contributed by atoms with E-state index in [4.69, 9.17) is 9.84 Å². The fourth-order valence-electron chi connectivity index (χ4n) is 1.35. The number of nitrogens with one attached hydrogen (secondary N) is 1. The topological polar surface area (TPSA) is 75.6 Å². The Labute approximate surface area is 137 Å². The fraction of sp³-hybridized carbons (Fsp3) is 0.333. The van der Waals surface area contributed by atoms with Crippen LogP contribution in [-0.4, -0.2) is 42.2 Å². The molecule has 0 fully saturated rings. The van der Waals surface area contributed by atoms with E-state index in [0.717, 1.165) is 0 Å². The van der Waals surface area contributed by atoms with Crippen molar-refractivity contribution in [3.8, 4) is 0 Å². The van der Waals surface area contributed by atoms with Crippen LogP contribution in [0, 0.1) is 0 Å². The van der Waals surface area contributed by atoms with Gasteiger partial charge in [-0.1, -0.05) is 15.9 Å². The lowest BCUT2D eigenvalue weighted by Gasteiger charge is -2.11. The molecule has 0 aliphatic heterocycles. The van der Waals surface area contributed by atoms with Gasteiger partial charge in [0.15, 0.2) is 0 Å². The third-order valence-corrected chi connectivity index (χ3v) is 4.22. The van der Waals surface area contributed by atoms with Gasteiger partial charge in [0, 0.05) is 21.8 Å². The van der Waals surface area contributed by atoms with Gasteiger partial charge in [-0.3, -0.25) is 4.79 Å². The maximum absolute atomic E-state index is 11.8. The Kier molecular flexibility index (Phi) is 7.57. The second kappa shape index (κ2) is 8.66. The molecule has 0 unspecified atom stereocenters. The Morgan fingerprint density at radius 3 is 2.70 bits per heavy atom. The highest BCUT2D eigenvalue weighted by atomic mass is 79.9. The van der Waals surface area contributed by atoms with Crippen molar-refractivity contribution in [2.75, 3.05) is 30.5 Å². The van der Waals surface area contributed by atoms with Crippen LogP contribution < -0.4 is 5.32 Å². The maximum Gasteiger partial charge on any atom is 0.337 e. The molecule has 0 atom stereocenters. The number of carbonyl (C=O) groups is 2. The molecule has 1 aromatic rings. The van der Waals surface area contributed by atoms with E-state index in [1.165, 1.54) is 17.8 Å². The molecule has 0 saturated heterocycles. The van der Waals surface area contributed by atoms with Crippen molar-refractivity contribution in [3.05, 3.63) is 26.6 Å². The number of thioether (sulfide) groups is 1. The number of carboxylic acid groups (broad SMARTS) is 1. The number of carbonyl (C=O) groups excluding carboxylic acids is 1. The first-order valence-electron chi connectivity index (χ1n) is 5.54. The van der Waals surface area contributed by atoms with Crippen LogP contribution in [0.4, 0.5) is 5.69 Å². The van der Waals surface area contributed by atoms with Gasteiger partial charge in [0.05, 0.1) is 23.6 Å². The van der Waals surface area contributed by atoms with E-state index in [2.05, 4.69) is 37.2 Å². The number of amides is 1. The van der Waals surface area contributed by atoms with Crippen LogP contribution in [0.15, 0.2) is 21.1 Å². The number of benzene rings is 1. The summed E-state index contributed by atoms with van der Waals surface area (Å²) < 4.78 is 6.01. The van der Waals surface area contributed by atoms with Crippen LogP contribution in [0.2, 0.25) is 0 Å². The van der Waals surface area contributed by atoms with Crippen molar-refractivity contribution in [1.82, 2.24) is 0 Å². The number of ether oxygens (including phenoxy) is 1. The summed E-state index contributed by atoms with van der Waals surface area (Å²) in [5.74, 6) is -0.409. The van der Waals surface area contributed by atoms with E-state index < -0.39 is 5.97 Å². The quantitative estimate of drug-likeness (QED) is 0.654. The predicted octanol–water partition coefficient (Wildman–Crippen LogP) is 3.23. The molecule has 1 rings (SSSR count). The van der Waals surface area contributed by atoms with E-state index in [-0.39, 0.29) is 22.9 Å². The van der Waals surface area contributed by atoms with E-state index in [9.17, 15) is 9.59 Å². The van der Waals surface area contributed by atoms with Gasteiger partial charge < -0.3 is 15.2 Å². The number of anilines is 1. The molecule has 0 spiro atoms. The Bertz CT molecular complexity index is 510. The smallest absolute Gasteiger partial charge is 0.337 e. The van der Waals surface area contributed by atoms with Gasteiger partial charge in [-0.25, -0.2) is 4.79 Å². The van der Waals surface area contributed by atoms with Crippen LogP contribution in [0.5, 0.6) is 0 Å². The number of hydrogen-bond donors (Lipinski definition) is 2. The van der Waals surface area contributed by atoms with Gasteiger partial charge in [-0.05, 0) is 28.1 Å². The minimum absolute atomic E-state index is 0.0292. The summed E-state index contributed by atoms with van der Waals surface area (Å²) in [5, 5.41) is 11.8. The van der Waals surface area contributed by atoms with Crippen molar-refractivity contribution >= 4 is 61.2 Å². The highest BCUT2D eigenvalue weighted by molar-refractivity contribution is 9.11. The average molecular weight is 427 g/mol. The molecule has 0 bridgehead atoms. The lowest BCUT2D eigenvalue weighted by molar-refractivity contribution is -0.113. The zero-order chi connectivity index (χ0) is 15.1. The van der Waals surface area contributed by atoms with Gasteiger partial charge in [-0.15, -0.1) is 11.8 Å². The molecule has 0 saturated carbocycles. The molecule has 2 N–H and O–H groups in total. The molecule has 0 aliphatic carbocycles. The van der Waals surface area contributed by atoms with Crippen LogP contribution in [0.25, 0.3) is 0 Å². The van der Waals surface area contributed by atoms with Gasteiger partial charge in [0.25, 0.3) is 0 Å². The SMILES string of the molecule is COCCSCC(=O)Nc1c(Br)cc(Br)cc1C(=O)O. The first-order valence-corrected chi connectivity index (χ1v) is 8.28. The van der Waals surface area contributed by atoms with E-state index in [0.29, 0.717) is 21.3 Å². The molecule has 110 valence electrons. The number of hydrogen-bond acceptors (Lipinski definition) is 4. The average Bonchev–Trinajstić information content (AvgIpc) is 2.37. The molecule has 0 aliphatic rings. The summed E-state index contributed by atoms with van der Waals surface area (Å²) in [4.78, 5) is 23.0. The van der Waals surface area contributed by atoms with E-state index in [1.807, 2.05) is 0 Å². The molecule has 1 aromatic carbocycles. The summed E-state index contributed by atoms with van der Waals surface area (Å²) in [7, 11) is 1.60. The third kappa shape index (κ3) is 5.43. The number of carboxylic acids is 1. The van der Waals surface area contributed by atoms with Crippen LogP contribution >= 0.6 is 43.6 Å². The van der Waals surface area contributed by atoms with Gasteiger partial charge in [-0.2, -0.15) is 0 Å². The number of rotatable bonds is 7. The third-order valence-electron chi connectivity index (χ3n) is 2.21. The lowest BCUT2D eigenvalue weighted by atomic mass is 10.2.